The van der Waals surface area contributed by atoms with Crippen LogP contribution in [0.4, 0.5) is 25.1 Å². The van der Waals surface area contributed by atoms with Gasteiger partial charge in [-0.15, -0.1) is 0 Å². The normalized spacial score (nSPS) is 10.6. The lowest BCUT2D eigenvalue weighted by atomic mass is 10.3. The molecule has 3 rings (SSSR count). The topological polar surface area (TPSA) is 96.8 Å². The van der Waals surface area contributed by atoms with Gasteiger partial charge in [-0.05, 0) is 26.0 Å². The molecule has 2 heterocycles. The van der Waals surface area contributed by atoms with E-state index in [4.69, 9.17) is 0 Å². The molecule has 0 fully saturated rings. The smallest absolute Gasteiger partial charge is 0.319 e. The number of hydrogen-bond donors (Lipinski definition) is 3. The Kier molecular flexibility index (Phi) is 5.78. The van der Waals surface area contributed by atoms with E-state index >= 15 is 0 Å². The highest BCUT2D eigenvalue weighted by atomic mass is 19.1. The van der Waals surface area contributed by atoms with E-state index in [0.29, 0.717) is 24.0 Å². The van der Waals surface area contributed by atoms with Crippen LogP contribution in [0.3, 0.4) is 0 Å². The summed E-state index contributed by atoms with van der Waals surface area (Å²) in [6, 6.07) is 4.00. The molecule has 2 aromatic heterocycles. The zero-order valence-corrected chi connectivity index (χ0v) is 15.3. The lowest BCUT2D eigenvalue weighted by Crippen LogP contribution is -2.32. The molecule has 10 heteroatoms. The van der Waals surface area contributed by atoms with E-state index in [9.17, 15) is 13.6 Å². The van der Waals surface area contributed by atoms with Gasteiger partial charge in [-0.1, -0.05) is 0 Å². The van der Waals surface area contributed by atoms with Gasteiger partial charge in [0.15, 0.2) is 0 Å². The number of carbonyl (C=O) groups is 1. The molecule has 0 saturated carbocycles. The minimum atomic E-state index is -0.764. The first-order chi connectivity index (χ1) is 13.4. The van der Waals surface area contributed by atoms with E-state index in [-0.39, 0.29) is 12.2 Å². The van der Waals surface area contributed by atoms with Gasteiger partial charge >= 0.3 is 6.03 Å². The van der Waals surface area contributed by atoms with Gasteiger partial charge in [0.1, 0.15) is 34.9 Å². The number of halogens is 2. The van der Waals surface area contributed by atoms with Gasteiger partial charge in [0.2, 0.25) is 0 Å². The summed E-state index contributed by atoms with van der Waals surface area (Å²) < 4.78 is 28.1. The predicted octanol–water partition coefficient (Wildman–Crippen LogP) is 2.79. The second kappa shape index (κ2) is 8.42. The monoisotopic (exact) mass is 387 g/mol. The van der Waals surface area contributed by atoms with Crippen LogP contribution in [0.25, 0.3) is 5.82 Å². The summed E-state index contributed by atoms with van der Waals surface area (Å²) in [6.45, 7) is 4.32. The van der Waals surface area contributed by atoms with Crippen LogP contribution in [-0.4, -0.2) is 38.6 Å². The third-order valence-corrected chi connectivity index (χ3v) is 3.73. The van der Waals surface area contributed by atoms with Crippen LogP contribution < -0.4 is 16.0 Å². The summed E-state index contributed by atoms with van der Waals surface area (Å²) in [4.78, 5) is 24.7. The highest BCUT2D eigenvalue weighted by Gasteiger charge is 2.07. The molecule has 1 aromatic carbocycles. The van der Waals surface area contributed by atoms with E-state index in [1.54, 1.807) is 19.2 Å². The molecule has 0 saturated heterocycles. The summed E-state index contributed by atoms with van der Waals surface area (Å²) in [5.41, 5.74) is 0.0368. The number of anilines is 2. The van der Waals surface area contributed by atoms with Crippen molar-refractivity contribution in [3.8, 4) is 5.82 Å². The minimum absolute atomic E-state index is 0.0368. The van der Waals surface area contributed by atoms with Crippen molar-refractivity contribution >= 4 is 17.5 Å². The highest BCUT2D eigenvalue weighted by molar-refractivity contribution is 5.89. The molecule has 28 heavy (non-hydrogen) atoms. The quantitative estimate of drug-likeness (QED) is 0.565. The number of nitrogens with zero attached hydrogens (tertiary/aromatic N) is 4. The van der Waals surface area contributed by atoms with E-state index in [0.717, 1.165) is 24.0 Å². The zero-order chi connectivity index (χ0) is 20.1. The van der Waals surface area contributed by atoms with Crippen LogP contribution in [0.15, 0.2) is 36.7 Å². The average molecular weight is 387 g/mol. The Labute approximate surface area is 160 Å². The molecule has 0 aliphatic heterocycles. The molecule has 146 valence electrons. The Morgan fingerprint density at radius 1 is 1.07 bits per heavy atom. The number of benzene rings is 1. The van der Waals surface area contributed by atoms with Gasteiger partial charge in [0.25, 0.3) is 0 Å². The van der Waals surface area contributed by atoms with E-state index in [1.807, 2.05) is 17.7 Å². The number of imidazole rings is 1. The van der Waals surface area contributed by atoms with Crippen molar-refractivity contribution in [1.29, 1.82) is 0 Å². The first-order valence-corrected chi connectivity index (χ1v) is 8.51. The first-order valence-electron chi connectivity index (χ1n) is 8.51. The van der Waals surface area contributed by atoms with Gasteiger partial charge in [-0.2, -0.15) is 0 Å². The van der Waals surface area contributed by atoms with Gasteiger partial charge in [0.05, 0.1) is 0 Å². The summed E-state index contributed by atoms with van der Waals surface area (Å²) in [6.07, 6.45) is 3.49. The zero-order valence-electron chi connectivity index (χ0n) is 15.3. The van der Waals surface area contributed by atoms with E-state index < -0.39 is 17.7 Å². The number of urea groups is 1. The Bertz CT molecular complexity index is 970. The molecule has 8 nitrogen and oxygen atoms in total. The number of nitrogens with one attached hydrogen (secondary N) is 3. The summed E-state index contributed by atoms with van der Waals surface area (Å²) in [5, 5.41) is 8.06. The third kappa shape index (κ3) is 5.00. The molecule has 0 bridgehead atoms. The van der Waals surface area contributed by atoms with Gasteiger partial charge < -0.3 is 16.0 Å². The Morgan fingerprint density at radius 2 is 1.82 bits per heavy atom. The predicted molar refractivity (Wildman–Crippen MR) is 100 cm³/mol. The van der Waals surface area contributed by atoms with Crippen LogP contribution in [0.2, 0.25) is 0 Å². The number of aryl methyl sites for hydroxylation is 2. The fourth-order valence-electron chi connectivity index (χ4n) is 2.55. The molecule has 0 unspecified atom stereocenters. The van der Waals surface area contributed by atoms with Gasteiger partial charge in [-0.3, -0.25) is 4.57 Å². The molecular formula is C18H19F2N7O. The van der Waals surface area contributed by atoms with Gasteiger partial charge in [-0.25, -0.2) is 28.5 Å². The standard InChI is InChI=1S/C18H19F2N7O/c1-11-24-16(10-17(25-11)27-6-5-21-12(27)2)22-3-4-23-18(28)26-15-8-13(19)7-14(20)9-15/h5-10H,3-4H2,1-2H3,(H,22,24,25)(H2,23,26,28). The van der Waals surface area contributed by atoms with Crippen LogP contribution in [0, 0.1) is 25.5 Å². The molecular weight excluding hydrogens is 368 g/mol. The molecule has 3 aromatic rings. The van der Waals surface area contributed by atoms with E-state index in [2.05, 4.69) is 30.9 Å². The third-order valence-electron chi connectivity index (χ3n) is 3.73. The Hall–Kier alpha value is -3.56. The molecule has 0 atom stereocenters. The van der Waals surface area contributed by atoms with Crippen molar-refractivity contribution in [3.05, 3.63) is 59.9 Å². The molecule has 0 radical (unpaired) electrons. The fraction of sp³-hybridized carbons (Fsp3) is 0.222. The minimum Gasteiger partial charge on any atom is -0.368 e. The molecule has 0 aliphatic carbocycles. The lowest BCUT2D eigenvalue weighted by molar-refractivity contribution is 0.252. The number of amides is 2. The number of aromatic nitrogens is 4. The average Bonchev–Trinajstić information content (AvgIpc) is 3.03. The summed E-state index contributed by atoms with van der Waals surface area (Å²) in [7, 11) is 0. The maximum atomic E-state index is 13.1. The Balaban J connectivity index is 1.52. The molecule has 0 aliphatic rings. The van der Waals surface area contributed by atoms with Crippen LogP contribution in [0.1, 0.15) is 11.6 Å². The van der Waals surface area contributed by atoms with Crippen LogP contribution in [0.5, 0.6) is 0 Å². The van der Waals surface area contributed by atoms with Crippen molar-refractivity contribution in [2.75, 3.05) is 23.7 Å². The summed E-state index contributed by atoms with van der Waals surface area (Å²) >= 11 is 0. The maximum absolute atomic E-state index is 13.1. The summed E-state index contributed by atoms with van der Waals surface area (Å²) in [5.74, 6) is 1.15. The maximum Gasteiger partial charge on any atom is 0.319 e. The molecule has 2 amide bonds. The lowest BCUT2D eigenvalue weighted by Gasteiger charge is -2.11. The Morgan fingerprint density at radius 3 is 2.50 bits per heavy atom. The largest absolute Gasteiger partial charge is 0.368 e. The van der Waals surface area contributed by atoms with Crippen molar-refractivity contribution in [2.24, 2.45) is 0 Å². The van der Waals surface area contributed by atoms with Gasteiger partial charge in [0, 0.05) is 43.3 Å². The number of hydrogen-bond acceptors (Lipinski definition) is 5. The number of carbonyl (C=O) groups excluding carboxylic acids is 1. The van der Waals surface area contributed by atoms with Crippen molar-refractivity contribution in [3.63, 3.8) is 0 Å². The van der Waals surface area contributed by atoms with Crippen LogP contribution in [-0.2, 0) is 0 Å². The van der Waals surface area contributed by atoms with E-state index in [1.165, 1.54) is 0 Å². The van der Waals surface area contributed by atoms with Crippen molar-refractivity contribution < 1.29 is 13.6 Å². The second-order valence-corrected chi connectivity index (χ2v) is 5.97. The number of rotatable bonds is 6. The highest BCUT2D eigenvalue weighted by Crippen LogP contribution is 2.13. The van der Waals surface area contributed by atoms with Crippen molar-refractivity contribution in [2.45, 2.75) is 13.8 Å². The molecule has 0 spiro atoms. The fourth-order valence-corrected chi connectivity index (χ4v) is 2.55. The SMILES string of the molecule is Cc1nc(NCCNC(=O)Nc2cc(F)cc(F)c2)cc(-n2ccnc2C)n1. The first kappa shape index (κ1) is 19.2. The molecule has 3 N–H and O–H groups in total. The second-order valence-electron chi connectivity index (χ2n) is 5.97. The van der Waals surface area contributed by atoms with Crippen molar-refractivity contribution in [1.82, 2.24) is 24.8 Å². The van der Waals surface area contributed by atoms with Crippen LogP contribution >= 0.6 is 0 Å².